The van der Waals surface area contributed by atoms with E-state index < -0.39 is 0 Å². The van der Waals surface area contributed by atoms with Crippen LogP contribution in [0.2, 0.25) is 0 Å². The van der Waals surface area contributed by atoms with Crippen LogP contribution in [-0.4, -0.2) is 23.5 Å². The van der Waals surface area contributed by atoms with E-state index in [9.17, 15) is 0 Å². The zero-order valence-corrected chi connectivity index (χ0v) is 12.5. The van der Waals surface area contributed by atoms with Crippen molar-refractivity contribution in [1.82, 2.24) is 4.90 Å². The molecule has 18 heavy (non-hydrogen) atoms. The molecule has 2 N–H and O–H groups in total. The number of hydrogen-bond donors (Lipinski definition) is 1. The third kappa shape index (κ3) is 3.34. The minimum Gasteiger partial charge on any atom is -0.326 e. The molecule has 102 valence electrons. The van der Waals surface area contributed by atoms with Crippen molar-refractivity contribution in [3.8, 4) is 0 Å². The molecule has 1 aliphatic rings. The molecule has 2 rings (SSSR count). The van der Waals surface area contributed by atoms with Gasteiger partial charge in [0.2, 0.25) is 0 Å². The van der Waals surface area contributed by atoms with Crippen molar-refractivity contribution in [2.75, 3.05) is 6.54 Å². The summed E-state index contributed by atoms with van der Waals surface area (Å²) in [6.45, 7) is 5.68. The van der Waals surface area contributed by atoms with E-state index in [1.807, 2.05) is 11.3 Å². The quantitative estimate of drug-likeness (QED) is 0.775. The standard InChI is InChI=1S/C15H26N2S/c1-3-5-10-17(12-8-9-12)15(13(16)4-2)14-7-6-11-18-14/h6-7,11-13,15H,3-5,8-10,16H2,1-2H3. The van der Waals surface area contributed by atoms with Gasteiger partial charge in [0.25, 0.3) is 0 Å². The van der Waals surface area contributed by atoms with Crippen molar-refractivity contribution < 1.29 is 0 Å². The smallest absolute Gasteiger partial charge is 0.0595 e. The first kappa shape index (κ1) is 14.0. The number of thiophene rings is 1. The van der Waals surface area contributed by atoms with Gasteiger partial charge in [0.1, 0.15) is 0 Å². The van der Waals surface area contributed by atoms with Gasteiger partial charge in [0, 0.05) is 17.0 Å². The zero-order valence-electron chi connectivity index (χ0n) is 11.6. The van der Waals surface area contributed by atoms with Crippen LogP contribution in [0.1, 0.15) is 56.9 Å². The second kappa shape index (κ2) is 6.69. The van der Waals surface area contributed by atoms with Gasteiger partial charge in [-0.2, -0.15) is 0 Å². The molecular weight excluding hydrogens is 240 g/mol. The van der Waals surface area contributed by atoms with Gasteiger partial charge in [-0.1, -0.05) is 26.3 Å². The Kier molecular flexibility index (Phi) is 5.22. The Bertz CT molecular complexity index is 332. The van der Waals surface area contributed by atoms with E-state index in [4.69, 9.17) is 5.73 Å². The largest absolute Gasteiger partial charge is 0.326 e. The Morgan fingerprint density at radius 3 is 2.72 bits per heavy atom. The summed E-state index contributed by atoms with van der Waals surface area (Å²) in [7, 11) is 0. The zero-order chi connectivity index (χ0) is 13.0. The number of nitrogens with zero attached hydrogens (tertiary/aromatic N) is 1. The SMILES string of the molecule is CCCCN(C1CC1)C(c1cccs1)C(N)CC. The van der Waals surface area contributed by atoms with E-state index in [1.165, 1.54) is 37.1 Å². The number of hydrogen-bond acceptors (Lipinski definition) is 3. The molecule has 0 spiro atoms. The maximum absolute atomic E-state index is 6.41. The molecule has 1 heterocycles. The molecule has 0 radical (unpaired) electrons. The third-order valence-corrected chi connectivity index (χ3v) is 4.80. The maximum Gasteiger partial charge on any atom is 0.0595 e. The average molecular weight is 266 g/mol. The highest BCUT2D eigenvalue weighted by molar-refractivity contribution is 7.10. The van der Waals surface area contributed by atoms with E-state index >= 15 is 0 Å². The molecule has 0 bridgehead atoms. The average Bonchev–Trinajstić information content (AvgIpc) is 3.09. The Labute approximate surface area is 115 Å². The van der Waals surface area contributed by atoms with E-state index in [0.717, 1.165) is 12.5 Å². The third-order valence-electron chi connectivity index (χ3n) is 3.85. The summed E-state index contributed by atoms with van der Waals surface area (Å²) < 4.78 is 0. The Balaban J connectivity index is 2.14. The number of nitrogens with two attached hydrogens (primary N) is 1. The predicted octanol–water partition coefficient (Wildman–Crippen LogP) is 3.79. The normalized spacial score (nSPS) is 19.1. The molecule has 2 atom stereocenters. The second-order valence-corrected chi connectivity index (χ2v) is 6.33. The molecule has 2 nitrogen and oxygen atoms in total. The molecule has 1 aromatic rings. The fourth-order valence-corrected chi connectivity index (χ4v) is 3.52. The molecule has 1 aromatic heterocycles. The Hall–Kier alpha value is -0.380. The van der Waals surface area contributed by atoms with Crippen molar-refractivity contribution in [1.29, 1.82) is 0 Å². The van der Waals surface area contributed by atoms with Crippen molar-refractivity contribution in [2.45, 2.75) is 64.1 Å². The van der Waals surface area contributed by atoms with Crippen LogP contribution < -0.4 is 5.73 Å². The minimum absolute atomic E-state index is 0.265. The van der Waals surface area contributed by atoms with Crippen molar-refractivity contribution in [3.05, 3.63) is 22.4 Å². The minimum atomic E-state index is 0.265. The fourth-order valence-electron chi connectivity index (χ4n) is 2.60. The molecule has 2 unspecified atom stereocenters. The molecule has 0 aromatic carbocycles. The highest BCUT2D eigenvalue weighted by atomic mass is 32.1. The fraction of sp³-hybridized carbons (Fsp3) is 0.733. The van der Waals surface area contributed by atoms with E-state index in [1.54, 1.807) is 0 Å². The van der Waals surface area contributed by atoms with Crippen molar-refractivity contribution in [2.24, 2.45) is 5.73 Å². The lowest BCUT2D eigenvalue weighted by atomic mass is 10.0. The highest BCUT2D eigenvalue weighted by Gasteiger charge is 2.36. The Morgan fingerprint density at radius 2 is 2.22 bits per heavy atom. The van der Waals surface area contributed by atoms with Gasteiger partial charge in [-0.15, -0.1) is 11.3 Å². The van der Waals surface area contributed by atoms with Crippen LogP contribution in [0.25, 0.3) is 0 Å². The van der Waals surface area contributed by atoms with Crippen molar-refractivity contribution >= 4 is 11.3 Å². The van der Waals surface area contributed by atoms with Gasteiger partial charge in [-0.05, 0) is 43.7 Å². The molecule has 1 aliphatic carbocycles. The van der Waals surface area contributed by atoms with Gasteiger partial charge < -0.3 is 5.73 Å². The topological polar surface area (TPSA) is 29.3 Å². The second-order valence-electron chi connectivity index (χ2n) is 5.35. The molecule has 1 saturated carbocycles. The molecule has 1 fully saturated rings. The summed E-state index contributed by atoms with van der Waals surface area (Å²) in [5.74, 6) is 0. The predicted molar refractivity (Wildman–Crippen MR) is 80.0 cm³/mol. The van der Waals surface area contributed by atoms with E-state index in [2.05, 4.69) is 36.3 Å². The monoisotopic (exact) mass is 266 g/mol. The van der Waals surface area contributed by atoms with Crippen LogP contribution in [0.15, 0.2) is 17.5 Å². The molecule has 0 aliphatic heterocycles. The summed E-state index contributed by atoms with van der Waals surface area (Å²) in [6.07, 6.45) is 6.33. The van der Waals surface area contributed by atoms with Crippen LogP contribution in [-0.2, 0) is 0 Å². The van der Waals surface area contributed by atoms with Gasteiger partial charge in [0.15, 0.2) is 0 Å². The first-order valence-corrected chi connectivity index (χ1v) is 8.20. The van der Waals surface area contributed by atoms with Gasteiger partial charge >= 0.3 is 0 Å². The Morgan fingerprint density at radius 1 is 1.44 bits per heavy atom. The summed E-state index contributed by atoms with van der Waals surface area (Å²) in [6, 6.07) is 5.91. The lowest BCUT2D eigenvalue weighted by molar-refractivity contribution is 0.159. The molecule has 0 saturated heterocycles. The molecule has 0 amide bonds. The van der Waals surface area contributed by atoms with Crippen LogP contribution in [0.4, 0.5) is 0 Å². The number of unbranched alkanes of at least 4 members (excludes halogenated alkanes) is 1. The first-order chi connectivity index (χ1) is 8.77. The first-order valence-electron chi connectivity index (χ1n) is 7.32. The van der Waals surface area contributed by atoms with Crippen molar-refractivity contribution in [3.63, 3.8) is 0 Å². The van der Waals surface area contributed by atoms with Gasteiger partial charge in [-0.25, -0.2) is 0 Å². The lowest BCUT2D eigenvalue weighted by Crippen LogP contribution is -2.42. The molecule has 3 heteroatoms. The van der Waals surface area contributed by atoms with E-state index in [-0.39, 0.29) is 6.04 Å². The number of rotatable bonds is 8. The van der Waals surface area contributed by atoms with Gasteiger partial charge in [0.05, 0.1) is 6.04 Å². The summed E-state index contributed by atoms with van der Waals surface area (Å²) in [5, 5.41) is 2.18. The molecular formula is C15H26N2S. The van der Waals surface area contributed by atoms with Crippen LogP contribution in [0.3, 0.4) is 0 Å². The summed E-state index contributed by atoms with van der Waals surface area (Å²) in [5.41, 5.74) is 6.41. The van der Waals surface area contributed by atoms with Crippen LogP contribution >= 0.6 is 11.3 Å². The summed E-state index contributed by atoms with van der Waals surface area (Å²) in [4.78, 5) is 4.14. The lowest BCUT2D eigenvalue weighted by Gasteiger charge is -2.35. The van der Waals surface area contributed by atoms with Crippen LogP contribution in [0, 0.1) is 0 Å². The van der Waals surface area contributed by atoms with E-state index in [0.29, 0.717) is 6.04 Å². The van der Waals surface area contributed by atoms with Crippen LogP contribution in [0.5, 0.6) is 0 Å². The van der Waals surface area contributed by atoms with Gasteiger partial charge in [-0.3, -0.25) is 4.90 Å². The summed E-state index contributed by atoms with van der Waals surface area (Å²) >= 11 is 1.86. The maximum atomic E-state index is 6.41. The highest BCUT2D eigenvalue weighted by Crippen LogP contribution is 2.38.